The van der Waals surface area contributed by atoms with Crippen molar-refractivity contribution < 1.29 is 18.3 Å². The summed E-state index contributed by atoms with van der Waals surface area (Å²) in [5, 5.41) is 0. The minimum atomic E-state index is -0.310. The number of nitrogens with zero attached hydrogens (tertiary/aromatic N) is 2. The second-order valence-electron chi connectivity index (χ2n) is 6.02. The first-order valence-corrected chi connectivity index (χ1v) is 8.16. The van der Waals surface area contributed by atoms with Crippen LogP contribution in [0.15, 0.2) is 34.9 Å². The topological polar surface area (TPSA) is 55.6 Å². The number of piperidine rings is 1. The number of rotatable bonds is 5. The first-order chi connectivity index (χ1) is 11.7. The molecular weight excluding hydrogens is 311 g/mol. The van der Waals surface area contributed by atoms with Gasteiger partial charge in [0, 0.05) is 19.2 Å². The number of amides is 1. The number of carbonyl (C=O) groups is 1. The maximum atomic E-state index is 13.0. The van der Waals surface area contributed by atoms with E-state index >= 15 is 0 Å². The van der Waals surface area contributed by atoms with Gasteiger partial charge in [-0.2, -0.15) is 0 Å². The van der Waals surface area contributed by atoms with Gasteiger partial charge in [-0.1, -0.05) is 0 Å². The van der Waals surface area contributed by atoms with E-state index in [1.54, 1.807) is 19.2 Å². The monoisotopic (exact) mass is 332 g/mol. The highest BCUT2D eigenvalue weighted by atomic mass is 19.1. The smallest absolute Gasteiger partial charge is 0.229 e. The lowest BCUT2D eigenvalue weighted by Gasteiger charge is -2.35. The van der Waals surface area contributed by atoms with Crippen molar-refractivity contribution >= 4 is 5.91 Å². The van der Waals surface area contributed by atoms with Crippen molar-refractivity contribution in [2.75, 3.05) is 20.3 Å². The van der Waals surface area contributed by atoms with Crippen LogP contribution in [0.5, 0.6) is 0 Å². The fraction of sp³-hybridized carbons (Fsp3) is 0.444. The molecule has 0 bridgehead atoms. The van der Waals surface area contributed by atoms with E-state index in [9.17, 15) is 9.18 Å². The zero-order valence-electron chi connectivity index (χ0n) is 13.7. The SMILES string of the molecule is COCC1CCCCN1C(=O)Cc1coc(-c2ccc(F)cc2)n1. The lowest BCUT2D eigenvalue weighted by Crippen LogP contribution is -2.46. The summed E-state index contributed by atoms with van der Waals surface area (Å²) in [6, 6.07) is 6.05. The molecule has 1 fully saturated rings. The molecule has 0 N–H and O–H groups in total. The number of methoxy groups -OCH3 is 1. The standard InChI is InChI=1S/C18H21FN2O3/c1-23-12-16-4-2-3-9-21(16)17(22)10-15-11-24-18(20-15)13-5-7-14(19)8-6-13/h5-8,11,16H,2-4,9-10,12H2,1H3. The Balaban J connectivity index is 1.67. The average molecular weight is 332 g/mol. The first-order valence-electron chi connectivity index (χ1n) is 8.16. The molecule has 24 heavy (non-hydrogen) atoms. The quantitative estimate of drug-likeness (QED) is 0.844. The van der Waals surface area contributed by atoms with Crippen LogP contribution in [0.2, 0.25) is 0 Å². The fourth-order valence-electron chi connectivity index (χ4n) is 3.06. The molecule has 0 radical (unpaired) electrons. The van der Waals surface area contributed by atoms with Crippen molar-refractivity contribution in [1.82, 2.24) is 9.88 Å². The summed E-state index contributed by atoms with van der Waals surface area (Å²) in [5.41, 5.74) is 1.27. The minimum absolute atomic E-state index is 0.0377. The molecule has 1 aromatic carbocycles. The van der Waals surface area contributed by atoms with Crippen LogP contribution < -0.4 is 0 Å². The molecule has 0 aliphatic carbocycles. The molecule has 2 aromatic rings. The molecule has 128 valence electrons. The van der Waals surface area contributed by atoms with E-state index < -0.39 is 0 Å². The van der Waals surface area contributed by atoms with Gasteiger partial charge in [-0.15, -0.1) is 0 Å². The third-order valence-electron chi connectivity index (χ3n) is 4.28. The van der Waals surface area contributed by atoms with Crippen LogP contribution in [0.25, 0.3) is 11.5 Å². The Morgan fingerprint density at radius 2 is 2.17 bits per heavy atom. The number of carbonyl (C=O) groups excluding carboxylic acids is 1. The summed E-state index contributed by atoms with van der Waals surface area (Å²) < 4.78 is 23.6. The van der Waals surface area contributed by atoms with Gasteiger partial charge in [0.2, 0.25) is 11.8 Å². The average Bonchev–Trinajstić information content (AvgIpc) is 3.05. The summed E-state index contributed by atoms with van der Waals surface area (Å²) in [6.07, 6.45) is 4.80. The van der Waals surface area contributed by atoms with E-state index in [2.05, 4.69) is 4.98 Å². The third-order valence-corrected chi connectivity index (χ3v) is 4.28. The molecule has 1 unspecified atom stereocenters. The van der Waals surface area contributed by atoms with Gasteiger partial charge >= 0.3 is 0 Å². The highest BCUT2D eigenvalue weighted by molar-refractivity contribution is 5.78. The Kier molecular flexibility index (Phi) is 5.25. The Hall–Kier alpha value is -2.21. The molecule has 1 atom stereocenters. The van der Waals surface area contributed by atoms with Crippen LogP contribution in [-0.4, -0.2) is 42.1 Å². The van der Waals surface area contributed by atoms with Gasteiger partial charge in [-0.3, -0.25) is 4.79 Å². The number of hydrogen-bond acceptors (Lipinski definition) is 4. The lowest BCUT2D eigenvalue weighted by molar-refractivity contribution is -0.135. The molecule has 3 rings (SSSR count). The van der Waals surface area contributed by atoms with Gasteiger partial charge in [0.05, 0.1) is 24.8 Å². The van der Waals surface area contributed by atoms with E-state index in [1.165, 1.54) is 18.4 Å². The molecule has 0 spiro atoms. The number of oxazole rings is 1. The maximum Gasteiger partial charge on any atom is 0.229 e. The largest absolute Gasteiger partial charge is 0.444 e. The van der Waals surface area contributed by atoms with Crippen LogP contribution in [0.3, 0.4) is 0 Å². The minimum Gasteiger partial charge on any atom is -0.444 e. The predicted octanol–water partition coefficient (Wildman–Crippen LogP) is 3.05. The molecule has 1 aliphatic heterocycles. The third kappa shape index (κ3) is 3.82. The second kappa shape index (κ2) is 7.57. The van der Waals surface area contributed by atoms with E-state index in [-0.39, 0.29) is 24.2 Å². The number of hydrogen-bond donors (Lipinski definition) is 0. The van der Waals surface area contributed by atoms with Gasteiger partial charge < -0.3 is 14.1 Å². The molecule has 2 heterocycles. The number of halogens is 1. The van der Waals surface area contributed by atoms with Gasteiger partial charge in [0.1, 0.15) is 12.1 Å². The highest BCUT2D eigenvalue weighted by Gasteiger charge is 2.27. The van der Waals surface area contributed by atoms with Crippen LogP contribution in [0.4, 0.5) is 4.39 Å². The van der Waals surface area contributed by atoms with Crippen LogP contribution in [0.1, 0.15) is 25.0 Å². The van der Waals surface area contributed by atoms with E-state index in [1.807, 2.05) is 4.90 Å². The fourth-order valence-corrected chi connectivity index (χ4v) is 3.06. The maximum absolute atomic E-state index is 13.0. The van der Waals surface area contributed by atoms with Gasteiger partial charge in [-0.25, -0.2) is 9.37 Å². The summed E-state index contributed by atoms with van der Waals surface area (Å²) in [4.78, 5) is 18.8. The molecule has 1 amide bonds. The zero-order valence-corrected chi connectivity index (χ0v) is 13.7. The van der Waals surface area contributed by atoms with Crippen molar-refractivity contribution in [3.8, 4) is 11.5 Å². The van der Waals surface area contributed by atoms with Crippen molar-refractivity contribution in [3.63, 3.8) is 0 Å². The molecule has 6 heteroatoms. The predicted molar refractivity (Wildman–Crippen MR) is 86.8 cm³/mol. The number of likely N-dealkylation sites (tertiary alicyclic amines) is 1. The van der Waals surface area contributed by atoms with Crippen molar-refractivity contribution in [3.05, 3.63) is 42.0 Å². The molecule has 1 aliphatic rings. The summed E-state index contributed by atoms with van der Waals surface area (Å²) in [7, 11) is 1.66. The van der Waals surface area contributed by atoms with Crippen LogP contribution in [0, 0.1) is 5.82 Å². The first kappa shape index (κ1) is 16.6. The number of benzene rings is 1. The van der Waals surface area contributed by atoms with Crippen molar-refractivity contribution in [1.29, 1.82) is 0 Å². The van der Waals surface area contributed by atoms with Crippen molar-refractivity contribution in [2.45, 2.75) is 31.7 Å². The summed E-state index contributed by atoms with van der Waals surface area (Å²) in [5.74, 6) is 0.121. The molecule has 5 nitrogen and oxygen atoms in total. The van der Waals surface area contributed by atoms with Gasteiger partial charge in [0.15, 0.2) is 0 Å². The molecule has 1 aromatic heterocycles. The van der Waals surface area contributed by atoms with E-state index in [0.717, 1.165) is 25.8 Å². The summed E-state index contributed by atoms with van der Waals surface area (Å²) in [6.45, 7) is 1.32. The van der Waals surface area contributed by atoms with E-state index in [4.69, 9.17) is 9.15 Å². The summed E-state index contributed by atoms with van der Waals surface area (Å²) >= 11 is 0. The second-order valence-corrected chi connectivity index (χ2v) is 6.02. The number of aromatic nitrogens is 1. The molecule has 1 saturated heterocycles. The normalized spacial score (nSPS) is 17.9. The van der Waals surface area contributed by atoms with Crippen LogP contribution >= 0.6 is 0 Å². The van der Waals surface area contributed by atoms with Gasteiger partial charge in [0.25, 0.3) is 0 Å². The molecular formula is C18H21FN2O3. The van der Waals surface area contributed by atoms with E-state index in [0.29, 0.717) is 23.8 Å². The van der Waals surface area contributed by atoms with Crippen LogP contribution in [-0.2, 0) is 16.0 Å². The van der Waals surface area contributed by atoms with Crippen molar-refractivity contribution in [2.24, 2.45) is 0 Å². The lowest BCUT2D eigenvalue weighted by atomic mass is 10.0. The zero-order chi connectivity index (χ0) is 16.9. The number of ether oxygens (including phenoxy) is 1. The molecule has 0 saturated carbocycles. The Labute approximate surface area is 140 Å². The Morgan fingerprint density at radius 1 is 1.38 bits per heavy atom. The highest BCUT2D eigenvalue weighted by Crippen LogP contribution is 2.21. The van der Waals surface area contributed by atoms with Gasteiger partial charge in [-0.05, 0) is 43.5 Å². The Morgan fingerprint density at radius 3 is 2.92 bits per heavy atom. The Bertz CT molecular complexity index is 682.